The van der Waals surface area contributed by atoms with Crippen molar-refractivity contribution in [1.29, 1.82) is 0 Å². The van der Waals surface area contributed by atoms with E-state index in [1.807, 2.05) is 36.4 Å². The first-order chi connectivity index (χ1) is 17.0. The first-order valence-electron chi connectivity index (χ1n) is 12.5. The highest BCUT2D eigenvalue weighted by atomic mass is 16.1. The maximum Gasteiger partial charge on any atom is 0.253 e. The van der Waals surface area contributed by atoms with Crippen LogP contribution in [-0.4, -0.2) is 10.5 Å². The molecule has 3 aromatic carbocycles. The highest BCUT2D eigenvalue weighted by Gasteiger charge is 2.51. The molecule has 4 heteroatoms. The van der Waals surface area contributed by atoms with Crippen LogP contribution in [0.5, 0.6) is 0 Å². The van der Waals surface area contributed by atoms with Crippen molar-refractivity contribution in [3.63, 3.8) is 0 Å². The summed E-state index contributed by atoms with van der Waals surface area (Å²) in [4.78, 5) is 13.4. The number of aromatic nitrogens is 2. The number of rotatable bonds is 7. The third kappa shape index (κ3) is 4.07. The summed E-state index contributed by atoms with van der Waals surface area (Å²) in [5, 5.41) is 0. The molecule has 178 valence electrons. The Balaban J connectivity index is 1.48. The lowest BCUT2D eigenvalue weighted by atomic mass is 9.64. The second-order valence-electron chi connectivity index (χ2n) is 9.88. The molecule has 4 nitrogen and oxygen atoms in total. The predicted octanol–water partition coefficient (Wildman–Crippen LogP) is 5.25. The molecule has 1 amide bonds. The Labute approximate surface area is 208 Å². The summed E-state index contributed by atoms with van der Waals surface area (Å²) in [7, 11) is 0. The van der Waals surface area contributed by atoms with Gasteiger partial charge in [-0.05, 0) is 54.4 Å². The highest BCUT2D eigenvalue weighted by Crippen LogP contribution is 2.49. The Morgan fingerprint density at radius 2 is 1.51 bits per heavy atom. The van der Waals surface area contributed by atoms with Gasteiger partial charge in [-0.3, -0.25) is 4.79 Å². The zero-order valence-electron chi connectivity index (χ0n) is 20.6. The summed E-state index contributed by atoms with van der Waals surface area (Å²) in [6.45, 7) is 5.22. The fraction of sp³-hybridized carbons (Fsp3) is 0.290. The van der Waals surface area contributed by atoms with Crippen molar-refractivity contribution in [2.24, 2.45) is 11.7 Å². The van der Waals surface area contributed by atoms with Crippen LogP contribution in [0.1, 0.15) is 53.4 Å². The average Bonchev–Trinajstić information content (AvgIpc) is 3.49. The van der Waals surface area contributed by atoms with E-state index < -0.39 is 5.41 Å². The number of benzene rings is 3. The van der Waals surface area contributed by atoms with Crippen LogP contribution >= 0.6 is 0 Å². The van der Waals surface area contributed by atoms with E-state index in [2.05, 4.69) is 83.9 Å². The summed E-state index contributed by atoms with van der Waals surface area (Å²) in [6.07, 6.45) is 7.28. The minimum absolute atomic E-state index is 0.126. The lowest BCUT2D eigenvalue weighted by Crippen LogP contribution is -2.47. The van der Waals surface area contributed by atoms with Gasteiger partial charge in [-0.25, -0.2) is 9.13 Å². The zero-order valence-corrected chi connectivity index (χ0v) is 20.6. The lowest BCUT2D eigenvalue weighted by molar-refractivity contribution is -0.694. The van der Waals surface area contributed by atoms with Crippen LogP contribution in [0.3, 0.4) is 0 Å². The summed E-state index contributed by atoms with van der Waals surface area (Å²) >= 11 is 0. The van der Waals surface area contributed by atoms with Crippen molar-refractivity contribution in [2.45, 2.75) is 51.1 Å². The normalized spacial score (nSPS) is 18.0. The van der Waals surface area contributed by atoms with Gasteiger partial charge < -0.3 is 5.73 Å². The third-order valence-electron chi connectivity index (χ3n) is 8.06. The number of hydrogen-bond acceptors (Lipinski definition) is 1. The number of nitrogens with two attached hydrogens (primary N) is 1. The molecule has 1 aliphatic carbocycles. The molecule has 0 unspecified atom stereocenters. The van der Waals surface area contributed by atoms with E-state index in [0.717, 1.165) is 36.9 Å². The van der Waals surface area contributed by atoms with Gasteiger partial charge in [0.05, 0.1) is 0 Å². The molecule has 0 radical (unpaired) electrons. The number of carbonyl (C=O) groups excluding carboxylic acids is 1. The molecular formula is C31H34N3O+. The molecule has 1 saturated carbocycles. The Morgan fingerprint density at radius 3 is 2.11 bits per heavy atom. The van der Waals surface area contributed by atoms with E-state index in [0.29, 0.717) is 6.04 Å². The summed E-state index contributed by atoms with van der Waals surface area (Å²) in [6, 6.07) is 29.1. The summed E-state index contributed by atoms with van der Waals surface area (Å²) < 4.78 is 4.73. The van der Waals surface area contributed by atoms with E-state index >= 15 is 0 Å². The SMILES string of the molecule is Cc1ccccc1C[n+]1ccn([C@H]2CC[C@@H](C(C(N)=O)(c3ccccc3)c3ccccc3)C2)c1C. The predicted molar refractivity (Wildman–Crippen MR) is 139 cm³/mol. The molecule has 0 saturated heterocycles. The number of hydrogen-bond donors (Lipinski definition) is 1. The van der Waals surface area contributed by atoms with Crippen LogP contribution in [0.2, 0.25) is 0 Å². The molecule has 5 rings (SSSR count). The molecule has 1 fully saturated rings. The van der Waals surface area contributed by atoms with Gasteiger partial charge in [0, 0.05) is 6.92 Å². The number of carbonyl (C=O) groups is 1. The number of primary amides is 1. The van der Waals surface area contributed by atoms with E-state index in [1.165, 1.54) is 17.0 Å². The molecule has 0 spiro atoms. The maximum absolute atomic E-state index is 13.4. The number of nitrogens with zero attached hydrogens (tertiary/aromatic N) is 2. The molecule has 4 aromatic rings. The number of amides is 1. The van der Waals surface area contributed by atoms with Gasteiger partial charge in [0.15, 0.2) is 0 Å². The van der Waals surface area contributed by atoms with E-state index in [4.69, 9.17) is 5.73 Å². The van der Waals surface area contributed by atoms with Gasteiger partial charge in [-0.2, -0.15) is 0 Å². The zero-order chi connectivity index (χ0) is 24.4. The molecule has 1 aliphatic rings. The summed E-state index contributed by atoms with van der Waals surface area (Å²) in [5.74, 6) is 1.10. The van der Waals surface area contributed by atoms with Crippen molar-refractivity contribution in [1.82, 2.24) is 4.57 Å². The highest BCUT2D eigenvalue weighted by molar-refractivity contribution is 5.91. The smallest absolute Gasteiger partial charge is 0.253 e. The van der Waals surface area contributed by atoms with Gasteiger partial charge in [-0.15, -0.1) is 0 Å². The monoisotopic (exact) mass is 464 g/mol. The Bertz CT molecular complexity index is 1270. The third-order valence-corrected chi connectivity index (χ3v) is 8.06. The van der Waals surface area contributed by atoms with Gasteiger partial charge in [-0.1, -0.05) is 84.9 Å². The first-order valence-corrected chi connectivity index (χ1v) is 12.5. The minimum Gasteiger partial charge on any atom is -0.369 e. The first kappa shape index (κ1) is 23.1. The van der Waals surface area contributed by atoms with Crippen molar-refractivity contribution in [2.75, 3.05) is 0 Å². The Morgan fingerprint density at radius 1 is 0.914 bits per heavy atom. The molecule has 2 atom stereocenters. The van der Waals surface area contributed by atoms with Crippen molar-refractivity contribution < 1.29 is 9.36 Å². The molecule has 2 N–H and O–H groups in total. The van der Waals surface area contributed by atoms with Gasteiger partial charge in [0.25, 0.3) is 5.82 Å². The second kappa shape index (κ2) is 9.53. The average molecular weight is 465 g/mol. The van der Waals surface area contributed by atoms with Crippen LogP contribution in [0.15, 0.2) is 97.3 Å². The molecule has 1 aromatic heterocycles. The number of imidazole rings is 1. The largest absolute Gasteiger partial charge is 0.369 e. The van der Waals surface area contributed by atoms with E-state index in [-0.39, 0.29) is 11.8 Å². The minimum atomic E-state index is -0.838. The second-order valence-corrected chi connectivity index (χ2v) is 9.88. The molecule has 35 heavy (non-hydrogen) atoms. The Kier molecular flexibility index (Phi) is 6.29. The standard InChI is InChI=1S/C31H33N3O/c1-23-11-9-10-12-25(23)22-33-19-20-34(24(33)2)29-18-17-28(21-29)31(30(32)35,26-13-5-3-6-14-26)27-15-7-4-8-16-27/h3-16,19-20,28-29H,17-18,21-22H2,1-2H3,(H-,32,35)/p+1/t28-,29+/m1/s1. The van der Waals surface area contributed by atoms with Gasteiger partial charge in [0.1, 0.15) is 30.4 Å². The van der Waals surface area contributed by atoms with Crippen LogP contribution in [0, 0.1) is 19.8 Å². The maximum atomic E-state index is 13.4. The van der Waals surface area contributed by atoms with Crippen LogP contribution in [0.25, 0.3) is 0 Å². The van der Waals surface area contributed by atoms with Crippen LogP contribution < -0.4 is 10.3 Å². The number of aryl methyl sites for hydroxylation is 1. The van der Waals surface area contributed by atoms with Gasteiger partial charge in [0.2, 0.25) is 5.91 Å². The molecule has 1 heterocycles. The fourth-order valence-electron chi connectivity index (χ4n) is 6.17. The fourth-order valence-corrected chi connectivity index (χ4v) is 6.17. The van der Waals surface area contributed by atoms with Crippen LogP contribution in [-0.2, 0) is 16.8 Å². The topological polar surface area (TPSA) is 51.9 Å². The van der Waals surface area contributed by atoms with E-state index in [1.54, 1.807) is 0 Å². The molecular weight excluding hydrogens is 430 g/mol. The van der Waals surface area contributed by atoms with Gasteiger partial charge >= 0.3 is 0 Å². The summed E-state index contributed by atoms with van der Waals surface area (Å²) in [5.41, 5.74) is 10.1. The van der Waals surface area contributed by atoms with Crippen molar-refractivity contribution >= 4 is 5.91 Å². The molecule has 0 aliphatic heterocycles. The Hall–Kier alpha value is -3.66. The molecule has 0 bridgehead atoms. The lowest BCUT2D eigenvalue weighted by Gasteiger charge is -2.37. The van der Waals surface area contributed by atoms with Crippen molar-refractivity contribution in [3.05, 3.63) is 125 Å². The quantitative estimate of drug-likeness (QED) is 0.373. The van der Waals surface area contributed by atoms with Crippen LogP contribution in [0.4, 0.5) is 0 Å². The van der Waals surface area contributed by atoms with E-state index in [9.17, 15) is 4.79 Å². The van der Waals surface area contributed by atoms with Crippen molar-refractivity contribution in [3.8, 4) is 0 Å².